The molecule has 2 aromatic carbocycles. The number of ketones is 1. The highest BCUT2D eigenvalue weighted by Gasteiger charge is 2.16. The number of hydrogen-bond donors (Lipinski definition) is 2. The van der Waals surface area contributed by atoms with Crippen molar-refractivity contribution in [2.24, 2.45) is 0 Å². The zero-order valence-electron chi connectivity index (χ0n) is 9.55. The number of fused-ring (bicyclic) bond motifs is 1. The molecule has 0 fully saturated rings. The lowest BCUT2D eigenvalue weighted by Gasteiger charge is -2.04. The molecule has 0 aliphatic heterocycles. The van der Waals surface area contributed by atoms with Crippen molar-refractivity contribution in [2.75, 3.05) is 5.73 Å². The van der Waals surface area contributed by atoms with E-state index in [-0.39, 0.29) is 5.78 Å². The van der Waals surface area contributed by atoms with Crippen LogP contribution in [-0.2, 0) is 0 Å². The van der Waals surface area contributed by atoms with E-state index >= 15 is 0 Å². The van der Waals surface area contributed by atoms with Crippen LogP contribution in [0.5, 0.6) is 0 Å². The van der Waals surface area contributed by atoms with E-state index in [4.69, 9.17) is 5.73 Å². The second kappa shape index (κ2) is 4.00. The Bertz CT molecular complexity index is 725. The Labute approximate surface area is 103 Å². The zero-order chi connectivity index (χ0) is 12.5. The van der Waals surface area contributed by atoms with Gasteiger partial charge in [0.05, 0.1) is 11.8 Å². The highest BCUT2D eigenvalue weighted by molar-refractivity contribution is 6.18. The molecule has 0 radical (unpaired) electrons. The second-order valence-corrected chi connectivity index (χ2v) is 4.05. The molecule has 18 heavy (non-hydrogen) atoms. The van der Waals surface area contributed by atoms with Gasteiger partial charge < -0.3 is 5.73 Å². The van der Waals surface area contributed by atoms with Crippen LogP contribution in [0.2, 0.25) is 0 Å². The fourth-order valence-corrected chi connectivity index (χ4v) is 2.05. The Morgan fingerprint density at radius 3 is 2.61 bits per heavy atom. The maximum absolute atomic E-state index is 12.4. The van der Waals surface area contributed by atoms with Crippen LogP contribution in [-0.4, -0.2) is 16.0 Å². The summed E-state index contributed by atoms with van der Waals surface area (Å²) in [7, 11) is 0. The summed E-state index contributed by atoms with van der Waals surface area (Å²) in [6.45, 7) is 0. The summed E-state index contributed by atoms with van der Waals surface area (Å²) in [5.74, 6) is 0.186. The van der Waals surface area contributed by atoms with Crippen LogP contribution < -0.4 is 5.73 Å². The van der Waals surface area contributed by atoms with Gasteiger partial charge in [0.1, 0.15) is 5.82 Å². The van der Waals surface area contributed by atoms with E-state index in [1.54, 1.807) is 6.07 Å². The Morgan fingerprint density at radius 1 is 1.06 bits per heavy atom. The van der Waals surface area contributed by atoms with Crippen molar-refractivity contribution < 1.29 is 4.79 Å². The van der Waals surface area contributed by atoms with Crippen molar-refractivity contribution in [3.63, 3.8) is 0 Å². The lowest BCUT2D eigenvalue weighted by Crippen LogP contribution is -2.04. The van der Waals surface area contributed by atoms with Gasteiger partial charge in [-0.05, 0) is 10.8 Å². The molecule has 1 heterocycles. The van der Waals surface area contributed by atoms with Gasteiger partial charge in [-0.25, -0.2) is 0 Å². The molecule has 1 aromatic heterocycles. The van der Waals surface area contributed by atoms with Gasteiger partial charge in [0.15, 0.2) is 5.78 Å². The minimum Gasteiger partial charge on any atom is -0.383 e. The Hall–Kier alpha value is -2.62. The number of aromatic nitrogens is 2. The molecule has 0 aliphatic rings. The average Bonchev–Trinajstić information content (AvgIpc) is 2.83. The fourth-order valence-electron chi connectivity index (χ4n) is 2.05. The largest absolute Gasteiger partial charge is 0.383 e. The Morgan fingerprint density at radius 2 is 1.83 bits per heavy atom. The van der Waals surface area contributed by atoms with Gasteiger partial charge in [-0.15, -0.1) is 0 Å². The van der Waals surface area contributed by atoms with Crippen molar-refractivity contribution in [2.45, 2.75) is 0 Å². The quantitative estimate of drug-likeness (QED) is 0.672. The summed E-state index contributed by atoms with van der Waals surface area (Å²) in [5.41, 5.74) is 6.73. The predicted octanol–water partition coefficient (Wildman–Crippen LogP) is 2.38. The molecule has 0 saturated carbocycles. The van der Waals surface area contributed by atoms with Crippen molar-refractivity contribution >= 4 is 22.4 Å². The van der Waals surface area contributed by atoms with Gasteiger partial charge in [0.2, 0.25) is 0 Å². The number of rotatable bonds is 2. The summed E-state index contributed by atoms with van der Waals surface area (Å²) in [4.78, 5) is 12.4. The van der Waals surface area contributed by atoms with E-state index in [9.17, 15) is 4.79 Å². The van der Waals surface area contributed by atoms with Crippen molar-refractivity contribution in [3.05, 3.63) is 59.8 Å². The van der Waals surface area contributed by atoms with Gasteiger partial charge in [-0.2, -0.15) is 5.10 Å². The molecule has 0 unspecified atom stereocenters. The predicted molar refractivity (Wildman–Crippen MR) is 70.4 cm³/mol. The topological polar surface area (TPSA) is 71.8 Å². The molecule has 0 aliphatic carbocycles. The van der Waals surface area contributed by atoms with E-state index in [1.165, 1.54) is 6.20 Å². The molecular weight excluding hydrogens is 226 g/mol. The standard InChI is InChI=1S/C14H11N3O/c15-14-12(8-16-17-14)13(18)11-7-3-5-9-4-1-2-6-10(9)11/h1-8H,(H3,15,16,17). The monoisotopic (exact) mass is 237 g/mol. The molecule has 0 saturated heterocycles. The first-order valence-corrected chi connectivity index (χ1v) is 5.58. The van der Waals surface area contributed by atoms with Crippen molar-refractivity contribution in [3.8, 4) is 0 Å². The smallest absolute Gasteiger partial charge is 0.198 e. The number of benzene rings is 2. The van der Waals surface area contributed by atoms with Gasteiger partial charge in [0.25, 0.3) is 0 Å². The average molecular weight is 237 g/mol. The Balaban J connectivity index is 2.21. The summed E-state index contributed by atoms with van der Waals surface area (Å²) in [5, 5.41) is 8.31. The number of nitrogens with two attached hydrogens (primary N) is 1. The fraction of sp³-hybridized carbons (Fsp3) is 0. The van der Waals surface area contributed by atoms with Gasteiger partial charge in [-0.3, -0.25) is 9.89 Å². The van der Waals surface area contributed by atoms with E-state index in [0.717, 1.165) is 10.8 Å². The molecule has 0 atom stereocenters. The number of nitrogen functional groups attached to an aromatic ring is 1. The molecule has 3 aromatic rings. The van der Waals surface area contributed by atoms with Crippen LogP contribution in [0.4, 0.5) is 5.82 Å². The molecule has 4 nitrogen and oxygen atoms in total. The first kappa shape index (κ1) is 10.5. The van der Waals surface area contributed by atoms with E-state index in [1.807, 2.05) is 36.4 Å². The molecule has 0 spiro atoms. The summed E-state index contributed by atoms with van der Waals surface area (Å²) in [6.07, 6.45) is 1.46. The molecule has 88 valence electrons. The maximum atomic E-state index is 12.4. The normalized spacial score (nSPS) is 10.7. The van der Waals surface area contributed by atoms with E-state index < -0.39 is 0 Å². The van der Waals surface area contributed by atoms with Crippen molar-refractivity contribution in [1.82, 2.24) is 10.2 Å². The highest BCUT2D eigenvalue weighted by Crippen LogP contribution is 2.22. The molecular formula is C14H11N3O. The number of H-pyrrole nitrogens is 1. The van der Waals surface area contributed by atoms with Crippen LogP contribution in [0, 0.1) is 0 Å². The van der Waals surface area contributed by atoms with Crippen LogP contribution in [0.3, 0.4) is 0 Å². The zero-order valence-corrected chi connectivity index (χ0v) is 9.55. The van der Waals surface area contributed by atoms with Gasteiger partial charge in [0, 0.05) is 5.56 Å². The maximum Gasteiger partial charge on any atom is 0.198 e. The second-order valence-electron chi connectivity index (χ2n) is 4.05. The summed E-state index contributed by atoms with van der Waals surface area (Å²) in [6, 6.07) is 13.4. The number of hydrogen-bond acceptors (Lipinski definition) is 3. The van der Waals surface area contributed by atoms with Crippen LogP contribution in [0.1, 0.15) is 15.9 Å². The molecule has 4 heteroatoms. The number of nitrogens with one attached hydrogen (secondary N) is 1. The third kappa shape index (κ3) is 1.55. The third-order valence-corrected chi connectivity index (χ3v) is 2.95. The lowest BCUT2D eigenvalue weighted by molar-refractivity contribution is 0.104. The molecule has 3 N–H and O–H groups in total. The minimum absolute atomic E-state index is 0.113. The van der Waals surface area contributed by atoms with Crippen LogP contribution >= 0.6 is 0 Å². The van der Waals surface area contributed by atoms with E-state index in [0.29, 0.717) is 16.9 Å². The minimum atomic E-state index is -0.113. The Kier molecular flexibility index (Phi) is 2.34. The molecule has 0 amide bonds. The highest BCUT2D eigenvalue weighted by atomic mass is 16.1. The molecule has 0 bridgehead atoms. The first-order chi connectivity index (χ1) is 8.77. The van der Waals surface area contributed by atoms with Crippen LogP contribution in [0.25, 0.3) is 10.8 Å². The van der Waals surface area contributed by atoms with Crippen molar-refractivity contribution in [1.29, 1.82) is 0 Å². The molecule has 3 rings (SSSR count). The first-order valence-electron chi connectivity index (χ1n) is 5.58. The van der Waals surface area contributed by atoms with E-state index in [2.05, 4.69) is 10.2 Å². The number of aromatic amines is 1. The summed E-state index contributed by atoms with van der Waals surface area (Å²) < 4.78 is 0. The number of carbonyl (C=O) groups is 1. The summed E-state index contributed by atoms with van der Waals surface area (Å²) >= 11 is 0. The number of nitrogens with zero attached hydrogens (tertiary/aromatic N) is 1. The van der Waals surface area contributed by atoms with Gasteiger partial charge >= 0.3 is 0 Å². The number of carbonyl (C=O) groups excluding carboxylic acids is 1. The SMILES string of the molecule is Nc1[nH]ncc1C(=O)c1cccc2ccccc12. The van der Waals surface area contributed by atoms with Crippen LogP contribution in [0.15, 0.2) is 48.7 Å². The van der Waals surface area contributed by atoms with Gasteiger partial charge in [-0.1, -0.05) is 42.5 Å². The third-order valence-electron chi connectivity index (χ3n) is 2.95. The lowest BCUT2D eigenvalue weighted by atomic mass is 9.98. The number of anilines is 1.